The molecule has 0 saturated heterocycles. The smallest absolute Gasteiger partial charge is 0.271 e. The van der Waals surface area contributed by atoms with Gasteiger partial charge in [-0.1, -0.05) is 23.9 Å². The van der Waals surface area contributed by atoms with Crippen molar-refractivity contribution in [1.82, 2.24) is 15.0 Å². The van der Waals surface area contributed by atoms with Gasteiger partial charge in [-0.15, -0.1) is 11.3 Å². The number of thiazole rings is 1. The van der Waals surface area contributed by atoms with E-state index < -0.39 is 4.92 Å². The van der Waals surface area contributed by atoms with Crippen LogP contribution in [0, 0.1) is 10.1 Å². The first kappa shape index (κ1) is 14.2. The Balaban J connectivity index is 1.56. The summed E-state index contributed by atoms with van der Waals surface area (Å²) in [5.41, 5.74) is 2.47. The van der Waals surface area contributed by atoms with Gasteiger partial charge in [0, 0.05) is 12.1 Å². The number of imidazole rings is 1. The topological polar surface area (TPSA) is 84.7 Å². The minimum atomic E-state index is -0.407. The normalized spacial score (nSPS) is 11.3. The molecule has 114 valence electrons. The molecule has 0 amide bonds. The lowest BCUT2D eigenvalue weighted by molar-refractivity contribution is -0.384. The molecule has 2 aromatic heterocycles. The van der Waals surface area contributed by atoms with E-state index in [9.17, 15) is 10.1 Å². The van der Waals surface area contributed by atoms with Gasteiger partial charge in [0.1, 0.15) is 5.82 Å². The Morgan fingerprint density at radius 1 is 1.17 bits per heavy atom. The number of nitrogens with zero attached hydrogens (tertiary/aromatic N) is 3. The maximum atomic E-state index is 10.8. The van der Waals surface area contributed by atoms with E-state index in [0.29, 0.717) is 11.3 Å². The van der Waals surface area contributed by atoms with Crippen LogP contribution in [-0.2, 0) is 5.75 Å². The van der Waals surface area contributed by atoms with Crippen molar-refractivity contribution in [3.05, 3.63) is 58.4 Å². The Morgan fingerprint density at radius 2 is 2.04 bits per heavy atom. The average molecular weight is 342 g/mol. The van der Waals surface area contributed by atoms with Gasteiger partial charge >= 0.3 is 0 Å². The number of fused-ring (bicyclic) bond motifs is 2. The van der Waals surface area contributed by atoms with Crippen LogP contribution in [-0.4, -0.2) is 19.9 Å². The van der Waals surface area contributed by atoms with Crippen LogP contribution in [0.3, 0.4) is 0 Å². The first-order valence-electron chi connectivity index (χ1n) is 6.80. The summed E-state index contributed by atoms with van der Waals surface area (Å²) in [6, 6.07) is 12.7. The number of hydrogen-bond donors (Lipinski definition) is 1. The van der Waals surface area contributed by atoms with Crippen molar-refractivity contribution in [3.63, 3.8) is 0 Å². The van der Waals surface area contributed by atoms with Crippen LogP contribution in [0.25, 0.3) is 21.3 Å². The molecule has 0 atom stereocenters. The van der Waals surface area contributed by atoms with Crippen molar-refractivity contribution in [3.8, 4) is 0 Å². The lowest BCUT2D eigenvalue weighted by atomic mass is 10.3. The first-order valence-corrected chi connectivity index (χ1v) is 8.61. The molecule has 2 aromatic carbocycles. The molecule has 2 heterocycles. The summed E-state index contributed by atoms with van der Waals surface area (Å²) in [7, 11) is 0. The molecule has 0 aliphatic carbocycles. The van der Waals surface area contributed by atoms with Gasteiger partial charge in [-0.2, -0.15) is 0 Å². The summed E-state index contributed by atoms with van der Waals surface area (Å²) in [5.74, 6) is 1.42. The number of thioether (sulfide) groups is 1. The monoisotopic (exact) mass is 342 g/mol. The molecule has 0 radical (unpaired) electrons. The molecule has 1 N–H and O–H groups in total. The minimum absolute atomic E-state index is 0.0616. The fourth-order valence-electron chi connectivity index (χ4n) is 2.28. The summed E-state index contributed by atoms with van der Waals surface area (Å²) >= 11 is 3.26. The molecule has 0 saturated carbocycles. The molecule has 0 fully saturated rings. The van der Waals surface area contributed by atoms with Gasteiger partial charge in [0.25, 0.3) is 5.69 Å². The second-order valence-electron chi connectivity index (χ2n) is 4.88. The summed E-state index contributed by atoms with van der Waals surface area (Å²) in [6.45, 7) is 0. The van der Waals surface area contributed by atoms with E-state index in [4.69, 9.17) is 0 Å². The Morgan fingerprint density at radius 3 is 2.87 bits per heavy atom. The van der Waals surface area contributed by atoms with E-state index in [1.165, 1.54) is 12.1 Å². The number of non-ortho nitro benzene ring substituents is 1. The highest BCUT2D eigenvalue weighted by Gasteiger charge is 2.11. The number of nitrogens with one attached hydrogen (secondary N) is 1. The number of benzene rings is 2. The highest BCUT2D eigenvalue weighted by Crippen LogP contribution is 2.31. The number of aromatic amines is 1. The molecule has 0 unspecified atom stereocenters. The van der Waals surface area contributed by atoms with Gasteiger partial charge < -0.3 is 4.98 Å². The second kappa shape index (κ2) is 5.64. The van der Waals surface area contributed by atoms with E-state index in [-0.39, 0.29) is 5.69 Å². The lowest BCUT2D eigenvalue weighted by Gasteiger charge is -1.92. The second-order valence-corrected chi connectivity index (χ2v) is 7.13. The fourth-order valence-corrected chi connectivity index (χ4v) is 4.21. The van der Waals surface area contributed by atoms with Crippen LogP contribution in [0.4, 0.5) is 5.69 Å². The molecular weight excluding hydrogens is 332 g/mol. The molecule has 0 spiro atoms. The Kier molecular flexibility index (Phi) is 3.47. The van der Waals surface area contributed by atoms with E-state index in [0.717, 1.165) is 25.9 Å². The average Bonchev–Trinajstić information content (AvgIpc) is 3.14. The number of nitro groups is 1. The number of aromatic nitrogens is 3. The minimum Gasteiger partial charge on any atom is -0.341 e. The number of rotatable bonds is 4. The predicted octanol–water partition coefficient (Wildman–Crippen LogP) is 4.37. The zero-order valence-electron chi connectivity index (χ0n) is 11.7. The third kappa shape index (κ3) is 2.78. The predicted molar refractivity (Wildman–Crippen MR) is 91.9 cm³/mol. The largest absolute Gasteiger partial charge is 0.341 e. The number of para-hydroxylation sites is 1. The molecule has 6 nitrogen and oxygen atoms in total. The van der Waals surface area contributed by atoms with Crippen molar-refractivity contribution >= 4 is 50.0 Å². The van der Waals surface area contributed by atoms with Crippen LogP contribution in [0.15, 0.2) is 46.8 Å². The van der Waals surface area contributed by atoms with Gasteiger partial charge in [0.2, 0.25) is 0 Å². The number of nitro benzene ring substituents is 1. The molecular formula is C15H10N4O2S2. The third-order valence-corrected chi connectivity index (χ3v) is 5.52. The SMILES string of the molecule is O=[N+]([O-])c1ccc2nc(CSc3nc4ccccc4s3)[nH]c2c1. The van der Waals surface area contributed by atoms with Gasteiger partial charge in [0.15, 0.2) is 4.34 Å². The molecule has 23 heavy (non-hydrogen) atoms. The number of H-pyrrole nitrogens is 1. The van der Waals surface area contributed by atoms with E-state index >= 15 is 0 Å². The van der Waals surface area contributed by atoms with E-state index in [1.54, 1.807) is 29.2 Å². The molecule has 0 aliphatic heterocycles. The van der Waals surface area contributed by atoms with Crippen molar-refractivity contribution in [2.75, 3.05) is 0 Å². The van der Waals surface area contributed by atoms with Crippen molar-refractivity contribution in [2.45, 2.75) is 10.1 Å². The summed E-state index contributed by atoms with van der Waals surface area (Å²) in [4.78, 5) is 22.6. The Labute approximate surface area is 138 Å². The molecule has 4 rings (SSSR count). The number of hydrogen-bond acceptors (Lipinski definition) is 6. The maximum Gasteiger partial charge on any atom is 0.271 e. The lowest BCUT2D eigenvalue weighted by Crippen LogP contribution is -1.86. The van der Waals surface area contributed by atoms with Crippen molar-refractivity contribution < 1.29 is 4.92 Å². The highest BCUT2D eigenvalue weighted by atomic mass is 32.2. The van der Waals surface area contributed by atoms with Crippen LogP contribution >= 0.6 is 23.1 Å². The molecule has 8 heteroatoms. The maximum absolute atomic E-state index is 10.8. The summed E-state index contributed by atoms with van der Waals surface area (Å²) < 4.78 is 2.15. The van der Waals surface area contributed by atoms with Crippen LogP contribution in [0.1, 0.15) is 5.82 Å². The van der Waals surface area contributed by atoms with E-state index in [2.05, 4.69) is 21.0 Å². The van der Waals surface area contributed by atoms with E-state index in [1.807, 2.05) is 18.2 Å². The van der Waals surface area contributed by atoms with Crippen LogP contribution in [0.2, 0.25) is 0 Å². The third-order valence-electron chi connectivity index (χ3n) is 3.33. The Bertz CT molecular complexity index is 992. The highest BCUT2D eigenvalue weighted by molar-refractivity contribution is 8.00. The quantitative estimate of drug-likeness (QED) is 0.338. The van der Waals surface area contributed by atoms with Crippen molar-refractivity contribution in [2.24, 2.45) is 0 Å². The van der Waals surface area contributed by atoms with Crippen LogP contribution < -0.4 is 0 Å². The first-order chi connectivity index (χ1) is 11.2. The molecule has 4 aromatic rings. The molecule has 0 bridgehead atoms. The van der Waals surface area contributed by atoms with Crippen LogP contribution in [0.5, 0.6) is 0 Å². The standard InChI is InChI=1S/C15H10N4O2S2/c20-19(21)9-5-6-10-12(7-9)17-14(16-10)8-22-15-18-11-3-1-2-4-13(11)23-15/h1-7H,8H2,(H,16,17). The zero-order chi connectivity index (χ0) is 15.8. The fraction of sp³-hybridized carbons (Fsp3) is 0.0667. The van der Waals surface area contributed by atoms with Gasteiger partial charge in [-0.25, -0.2) is 9.97 Å². The van der Waals surface area contributed by atoms with Gasteiger partial charge in [-0.3, -0.25) is 10.1 Å². The van der Waals surface area contributed by atoms with Gasteiger partial charge in [0.05, 0.1) is 31.9 Å². The zero-order valence-corrected chi connectivity index (χ0v) is 13.4. The Hall–Kier alpha value is -2.45. The molecule has 0 aliphatic rings. The van der Waals surface area contributed by atoms with Gasteiger partial charge in [-0.05, 0) is 18.2 Å². The summed E-state index contributed by atoms with van der Waals surface area (Å²) in [6.07, 6.45) is 0. The van der Waals surface area contributed by atoms with Crippen molar-refractivity contribution in [1.29, 1.82) is 0 Å². The summed E-state index contributed by atoms with van der Waals surface area (Å²) in [5, 5.41) is 10.8.